The fourth-order valence-electron chi connectivity index (χ4n) is 2.49. The van der Waals surface area contributed by atoms with Gasteiger partial charge in [-0.3, -0.25) is 9.78 Å². The van der Waals surface area contributed by atoms with E-state index in [4.69, 9.17) is 0 Å². The molecule has 5 nitrogen and oxygen atoms in total. The fraction of sp³-hybridized carbons (Fsp3) is 0.278. The van der Waals surface area contributed by atoms with Crippen molar-refractivity contribution < 1.29 is 14.3 Å². The van der Waals surface area contributed by atoms with Gasteiger partial charge in [-0.15, -0.1) is 0 Å². The maximum absolute atomic E-state index is 12.8. The summed E-state index contributed by atoms with van der Waals surface area (Å²) < 4.78 is 5.63. The molecule has 1 aromatic heterocycles. The van der Waals surface area contributed by atoms with Gasteiger partial charge < -0.3 is 9.64 Å². The number of hydrogen-bond donors (Lipinski definition) is 0. The molecule has 1 aliphatic carbocycles. The average Bonchev–Trinajstić information content (AvgIpc) is 3.43. The van der Waals surface area contributed by atoms with Crippen LogP contribution in [0.25, 0.3) is 0 Å². The van der Waals surface area contributed by atoms with E-state index in [0.29, 0.717) is 17.8 Å². The number of hydrogen-bond acceptors (Lipinski definition) is 4. The topological polar surface area (TPSA) is 59.5 Å². The lowest BCUT2D eigenvalue weighted by Gasteiger charge is -2.22. The summed E-state index contributed by atoms with van der Waals surface area (Å²) in [6.07, 6.45) is 3.41. The molecule has 0 radical (unpaired) electrons. The predicted molar refractivity (Wildman–Crippen MR) is 92.6 cm³/mol. The molecule has 3 rings (SSSR count). The number of nitrogens with zero attached hydrogens (tertiary/aromatic N) is 2. The molecule has 0 saturated heterocycles. The summed E-state index contributed by atoms with van der Waals surface area (Å²) >= 11 is 3.46. The van der Waals surface area contributed by atoms with Crippen LogP contribution in [0.1, 0.15) is 39.3 Å². The van der Waals surface area contributed by atoms with Crippen LogP contribution in [0.4, 0.5) is 0 Å². The molecule has 1 heterocycles. The van der Waals surface area contributed by atoms with Crippen molar-refractivity contribution in [1.29, 1.82) is 0 Å². The molecule has 0 unspecified atom stereocenters. The number of aromatic nitrogens is 1. The minimum atomic E-state index is -0.463. The third-order valence-electron chi connectivity index (χ3n) is 3.89. The molecule has 1 aliphatic rings. The molecule has 1 saturated carbocycles. The standard InChI is InChI=1S/C18H17BrN2O3/c1-24-18(23)13-5-8-16(20-10-13)17(22)21(15-6-7-15)11-12-3-2-4-14(19)9-12/h2-5,8-10,15H,6-7,11H2,1H3. The molecule has 0 bridgehead atoms. The first-order valence-electron chi connectivity index (χ1n) is 7.68. The summed E-state index contributed by atoms with van der Waals surface area (Å²) in [6.45, 7) is 0.545. The van der Waals surface area contributed by atoms with Gasteiger partial charge in [-0.25, -0.2) is 4.79 Å². The van der Waals surface area contributed by atoms with E-state index in [9.17, 15) is 9.59 Å². The molecule has 2 aromatic rings. The fourth-order valence-corrected chi connectivity index (χ4v) is 2.94. The summed E-state index contributed by atoms with van der Waals surface area (Å²) in [4.78, 5) is 30.2. The highest BCUT2D eigenvalue weighted by Gasteiger charge is 2.33. The molecule has 0 aliphatic heterocycles. The van der Waals surface area contributed by atoms with E-state index < -0.39 is 5.97 Å². The Morgan fingerprint density at radius 1 is 1.29 bits per heavy atom. The lowest BCUT2D eigenvalue weighted by Crippen LogP contribution is -2.33. The van der Waals surface area contributed by atoms with Gasteiger partial charge in [0.05, 0.1) is 12.7 Å². The maximum Gasteiger partial charge on any atom is 0.339 e. The number of halogens is 1. The molecule has 124 valence electrons. The Balaban J connectivity index is 1.78. The van der Waals surface area contributed by atoms with Crippen molar-refractivity contribution in [3.05, 3.63) is 63.9 Å². The lowest BCUT2D eigenvalue weighted by atomic mass is 10.2. The van der Waals surface area contributed by atoms with Gasteiger partial charge in [0.15, 0.2) is 0 Å². The number of carbonyl (C=O) groups excluding carboxylic acids is 2. The Bertz CT molecular complexity index is 757. The summed E-state index contributed by atoms with van der Waals surface area (Å²) in [7, 11) is 1.31. The highest BCUT2D eigenvalue weighted by molar-refractivity contribution is 9.10. The van der Waals surface area contributed by atoms with Crippen LogP contribution in [0.3, 0.4) is 0 Å². The zero-order valence-electron chi connectivity index (χ0n) is 13.2. The highest BCUT2D eigenvalue weighted by atomic mass is 79.9. The van der Waals surface area contributed by atoms with Gasteiger partial charge in [0.25, 0.3) is 5.91 Å². The third kappa shape index (κ3) is 3.82. The number of rotatable bonds is 5. The van der Waals surface area contributed by atoms with Crippen molar-refractivity contribution in [3.8, 4) is 0 Å². The van der Waals surface area contributed by atoms with Gasteiger partial charge >= 0.3 is 5.97 Å². The number of methoxy groups -OCH3 is 1. The third-order valence-corrected chi connectivity index (χ3v) is 4.39. The van der Waals surface area contributed by atoms with Gasteiger partial charge in [0.2, 0.25) is 0 Å². The van der Waals surface area contributed by atoms with Crippen molar-refractivity contribution in [2.24, 2.45) is 0 Å². The number of esters is 1. The minimum Gasteiger partial charge on any atom is -0.465 e. The molecule has 24 heavy (non-hydrogen) atoms. The summed E-state index contributed by atoms with van der Waals surface area (Å²) in [5.74, 6) is -0.580. The van der Waals surface area contributed by atoms with Crippen LogP contribution in [-0.2, 0) is 11.3 Å². The smallest absolute Gasteiger partial charge is 0.339 e. The SMILES string of the molecule is COC(=O)c1ccc(C(=O)N(Cc2cccc(Br)c2)C2CC2)nc1. The van der Waals surface area contributed by atoms with Crippen molar-refractivity contribution >= 4 is 27.8 Å². The summed E-state index contributed by atoms with van der Waals surface area (Å²) in [5, 5.41) is 0. The summed E-state index contributed by atoms with van der Waals surface area (Å²) in [6, 6.07) is 11.3. The second-order valence-electron chi connectivity index (χ2n) is 5.72. The first-order valence-corrected chi connectivity index (χ1v) is 8.47. The predicted octanol–water partition coefficient (Wildman–Crippen LogP) is 3.44. The Kier molecular flexibility index (Phi) is 4.94. The molecule has 0 atom stereocenters. The minimum absolute atomic E-state index is 0.117. The van der Waals surface area contributed by atoms with Crippen LogP contribution in [0, 0.1) is 0 Å². The van der Waals surface area contributed by atoms with Gasteiger partial charge in [-0.1, -0.05) is 28.1 Å². The van der Waals surface area contributed by atoms with Gasteiger partial charge in [0, 0.05) is 23.3 Å². The number of carbonyl (C=O) groups is 2. The Labute approximate surface area is 148 Å². The van der Waals surface area contributed by atoms with Crippen LogP contribution in [0.2, 0.25) is 0 Å². The first-order chi connectivity index (χ1) is 11.6. The first kappa shape index (κ1) is 16.6. The van der Waals surface area contributed by atoms with E-state index in [1.807, 2.05) is 29.2 Å². The van der Waals surface area contributed by atoms with Crippen molar-refractivity contribution in [1.82, 2.24) is 9.88 Å². The number of ether oxygens (including phenoxy) is 1. The van der Waals surface area contributed by atoms with Gasteiger partial charge in [0.1, 0.15) is 5.69 Å². The molecule has 0 N–H and O–H groups in total. The lowest BCUT2D eigenvalue weighted by molar-refractivity contribution is 0.0598. The molecular formula is C18H17BrN2O3. The number of amides is 1. The van der Waals surface area contributed by atoms with Crippen LogP contribution >= 0.6 is 15.9 Å². The van der Waals surface area contributed by atoms with E-state index in [0.717, 1.165) is 22.9 Å². The zero-order valence-corrected chi connectivity index (χ0v) is 14.8. The molecule has 0 spiro atoms. The zero-order chi connectivity index (χ0) is 17.1. The normalized spacial score (nSPS) is 13.4. The molecule has 1 fully saturated rings. The Morgan fingerprint density at radius 2 is 2.08 bits per heavy atom. The van der Waals surface area contributed by atoms with Crippen LogP contribution in [0.15, 0.2) is 47.1 Å². The molecule has 1 amide bonds. The van der Waals surface area contributed by atoms with Gasteiger partial charge in [-0.2, -0.15) is 0 Å². The Hall–Kier alpha value is -2.21. The van der Waals surface area contributed by atoms with Gasteiger partial charge in [-0.05, 0) is 42.7 Å². The van der Waals surface area contributed by atoms with Crippen molar-refractivity contribution in [2.75, 3.05) is 7.11 Å². The molecule has 6 heteroatoms. The second kappa shape index (κ2) is 7.13. The molecular weight excluding hydrogens is 372 g/mol. The number of benzene rings is 1. The van der Waals surface area contributed by atoms with Crippen molar-refractivity contribution in [3.63, 3.8) is 0 Å². The van der Waals surface area contributed by atoms with E-state index in [1.54, 1.807) is 12.1 Å². The maximum atomic E-state index is 12.8. The van der Waals surface area contributed by atoms with Crippen LogP contribution in [-0.4, -0.2) is 34.9 Å². The van der Waals surface area contributed by atoms with Crippen LogP contribution in [0.5, 0.6) is 0 Å². The van der Waals surface area contributed by atoms with Crippen molar-refractivity contribution in [2.45, 2.75) is 25.4 Å². The van der Waals surface area contributed by atoms with E-state index in [2.05, 4.69) is 25.7 Å². The van der Waals surface area contributed by atoms with E-state index in [-0.39, 0.29) is 11.9 Å². The average molecular weight is 389 g/mol. The largest absolute Gasteiger partial charge is 0.465 e. The monoisotopic (exact) mass is 388 g/mol. The second-order valence-corrected chi connectivity index (χ2v) is 6.63. The highest BCUT2D eigenvalue weighted by Crippen LogP contribution is 2.30. The van der Waals surface area contributed by atoms with E-state index >= 15 is 0 Å². The Morgan fingerprint density at radius 3 is 2.67 bits per heavy atom. The van der Waals surface area contributed by atoms with E-state index in [1.165, 1.54) is 13.3 Å². The number of pyridine rings is 1. The molecule has 1 aromatic carbocycles. The summed E-state index contributed by atoms with van der Waals surface area (Å²) in [5.41, 5.74) is 1.74. The van der Waals surface area contributed by atoms with Crippen LogP contribution < -0.4 is 0 Å². The quantitative estimate of drug-likeness (QED) is 0.736.